The van der Waals surface area contributed by atoms with E-state index in [2.05, 4.69) is 10.4 Å². The fraction of sp³-hybridized carbons (Fsp3) is 0.444. The molecule has 25 heavy (non-hydrogen) atoms. The maximum absolute atomic E-state index is 14.2. The molecule has 0 radical (unpaired) electrons. The van der Waals surface area contributed by atoms with Crippen molar-refractivity contribution in [1.29, 1.82) is 0 Å². The van der Waals surface area contributed by atoms with Crippen molar-refractivity contribution in [3.05, 3.63) is 53.4 Å². The molecule has 5 nitrogen and oxygen atoms in total. The van der Waals surface area contributed by atoms with Gasteiger partial charge in [-0.05, 0) is 25.8 Å². The summed E-state index contributed by atoms with van der Waals surface area (Å²) in [5, 5.41) is 17.3. The predicted molar refractivity (Wildman–Crippen MR) is 87.7 cm³/mol. The van der Waals surface area contributed by atoms with Crippen LogP contribution in [0.3, 0.4) is 0 Å². The molecule has 134 valence electrons. The van der Waals surface area contributed by atoms with Crippen LogP contribution in [0.5, 0.6) is 0 Å². The third-order valence-electron chi connectivity index (χ3n) is 5.01. The van der Waals surface area contributed by atoms with Gasteiger partial charge in [0.05, 0.1) is 18.2 Å². The highest BCUT2D eigenvalue weighted by Crippen LogP contribution is 2.45. The third-order valence-corrected chi connectivity index (χ3v) is 5.01. The number of hydrogen-bond donors (Lipinski definition) is 2. The number of hydrogen-bond acceptors (Lipinski definition) is 3. The van der Waals surface area contributed by atoms with Crippen molar-refractivity contribution in [2.75, 3.05) is 6.54 Å². The van der Waals surface area contributed by atoms with Crippen LogP contribution in [0.2, 0.25) is 0 Å². The van der Waals surface area contributed by atoms with Gasteiger partial charge in [-0.1, -0.05) is 12.5 Å². The number of nitrogens with one attached hydrogen (secondary N) is 1. The second kappa shape index (κ2) is 6.22. The standard InChI is InChI=1S/C18H21F2N3O2/c1-17(25,12-9-22-23(2)10-12)11-21-16(24)18(6-3-7-18)14-5-4-13(19)8-15(14)20/h4-5,8-10,25H,3,6-7,11H2,1-2H3,(H,21,24). The Morgan fingerprint density at radius 3 is 2.68 bits per heavy atom. The lowest BCUT2D eigenvalue weighted by atomic mass is 9.63. The van der Waals surface area contributed by atoms with Crippen LogP contribution in [0.25, 0.3) is 0 Å². The fourth-order valence-electron chi connectivity index (χ4n) is 3.25. The summed E-state index contributed by atoms with van der Waals surface area (Å²) >= 11 is 0. The molecular formula is C18H21F2N3O2. The summed E-state index contributed by atoms with van der Waals surface area (Å²) < 4.78 is 28.9. The number of benzene rings is 1. The highest BCUT2D eigenvalue weighted by molar-refractivity contribution is 5.89. The number of aliphatic hydroxyl groups is 1. The van der Waals surface area contributed by atoms with Crippen molar-refractivity contribution in [1.82, 2.24) is 15.1 Å². The summed E-state index contributed by atoms with van der Waals surface area (Å²) in [6.07, 6.45) is 4.99. The Labute approximate surface area is 144 Å². The molecule has 3 rings (SSSR count). The van der Waals surface area contributed by atoms with Gasteiger partial charge in [-0.15, -0.1) is 0 Å². The second-order valence-corrected chi connectivity index (χ2v) is 6.92. The Morgan fingerprint density at radius 1 is 1.44 bits per heavy atom. The molecule has 1 aliphatic carbocycles. The first kappa shape index (κ1) is 17.5. The number of aryl methyl sites for hydroxylation is 1. The average Bonchev–Trinajstić information content (AvgIpc) is 2.94. The van der Waals surface area contributed by atoms with Crippen LogP contribution < -0.4 is 5.32 Å². The number of rotatable bonds is 5. The van der Waals surface area contributed by atoms with Gasteiger partial charge < -0.3 is 10.4 Å². The topological polar surface area (TPSA) is 67.2 Å². The number of halogens is 2. The van der Waals surface area contributed by atoms with Crippen LogP contribution in [0, 0.1) is 11.6 Å². The Bertz CT molecular complexity index is 797. The molecule has 0 saturated heterocycles. The van der Waals surface area contributed by atoms with Crippen molar-refractivity contribution in [2.45, 2.75) is 37.2 Å². The lowest BCUT2D eigenvalue weighted by Gasteiger charge is -2.41. The van der Waals surface area contributed by atoms with E-state index < -0.39 is 22.7 Å². The quantitative estimate of drug-likeness (QED) is 0.869. The molecule has 1 aromatic heterocycles. The van der Waals surface area contributed by atoms with Gasteiger partial charge >= 0.3 is 0 Å². The average molecular weight is 349 g/mol. The lowest BCUT2D eigenvalue weighted by molar-refractivity contribution is -0.131. The van der Waals surface area contributed by atoms with Gasteiger partial charge in [0.15, 0.2) is 0 Å². The minimum Gasteiger partial charge on any atom is -0.383 e. The normalized spacial score (nSPS) is 18.3. The summed E-state index contributed by atoms with van der Waals surface area (Å²) in [6.45, 7) is 1.55. The van der Waals surface area contributed by atoms with Crippen molar-refractivity contribution in [3.63, 3.8) is 0 Å². The van der Waals surface area contributed by atoms with Gasteiger partial charge in [-0.3, -0.25) is 9.48 Å². The highest BCUT2D eigenvalue weighted by atomic mass is 19.1. The molecule has 2 aromatic rings. The first-order valence-corrected chi connectivity index (χ1v) is 8.20. The Kier molecular flexibility index (Phi) is 4.36. The molecular weight excluding hydrogens is 328 g/mol. The molecule has 0 bridgehead atoms. The maximum Gasteiger partial charge on any atom is 0.230 e. The van der Waals surface area contributed by atoms with E-state index in [1.54, 1.807) is 24.9 Å². The summed E-state index contributed by atoms with van der Waals surface area (Å²) in [4.78, 5) is 12.8. The molecule has 1 fully saturated rings. The summed E-state index contributed by atoms with van der Waals surface area (Å²) in [7, 11) is 1.73. The van der Waals surface area contributed by atoms with Crippen molar-refractivity contribution in [3.8, 4) is 0 Å². The van der Waals surface area contributed by atoms with Crippen molar-refractivity contribution in [2.24, 2.45) is 7.05 Å². The van der Waals surface area contributed by atoms with Crippen LogP contribution in [0.15, 0.2) is 30.6 Å². The minimum atomic E-state index is -1.30. The van der Waals surface area contributed by atoms with Crippen LogP contribution in [-0.2, 0) is 22.9 Å². The van der Waals surface area contributed by atoms with Crippen LogP contribution in [-0.4, -0.2) is 27.3 Å². The molecule has 0 spiro atoms. The van der Waals surface area contributed by atoms with Gasteiger partial charge in [0.25, 0.3) is 0 Å². The van der Waals surface area contributed by atoms with E-state index in [1.165, 1.54) is 12.3 Å². The SMILES string of the molecule is Cn1cc(C(C)(O)CNC(=O)C2(c3ccc(F)cc3F)CCC2)cn1. The molecule has 1 saturated carbocycles. The van der Waals surface area contributed by atoms with Gasteiger partial charge in [-0.25, -0.2) is 8.78 Å². The number of carbonyl (C=O) groups is 1. The zero-order valence-electron chi connectivity index (χ0n) is 14.2. The largest absolute Gasteiger partial charge is 0.383 e. The van der Waals surface area contributed by atoms with E-state index >= 15 is 0 Å². The third kappa shape index (κ3) is 3.16. The Balaban J connectivity index is 1.77. The summed E-state index contributed by atoms with van der Waals surface area (Å²) in [5.74, 6) is -1.74. The minimum absolute atomic E-state index is 0.0257. The van der Waals surface area contributed by atoms with Gasteiger partial charge in [0.1, 0.15) is 17.2 Å². The van der Waals surface area contributed by atoms with E-state index in [9.17, 15) is 18.7 Å². The molecule has 1 amide bonds. The van der Waals surface area contributed by atoms with E-state index in [0.717, 1.165) is 18.6 Å². The zero-order valence-corrected chi connectivity index (χ0v) is 14.2. The van der Waals surface area contributed by atoms with E-state index in [-0.39, 0.29) is 18.0 Å². The summed E-state index contributed by atoms with van der Waals surface area (Å²) in [6, 6.07) is 3.30. The predicted octanol–water partition coefficient (Wildman–Crippen LogP) is 2.14. The van der Waals surface area contributed by atoms with Crippen LogP contribution >= 0.6 is 0 Å². The fourth-order valence-corrected chi connectivity index (χ4v) is 3.25. The van der Waals surface area contributed by atoms with Crippen molar-refractivity contribution < 1.29 is 18.7 Å². The Hall–Kier alpha value is -2.28. The van der Waals surface area contributed by atoms with Gasteiger partial charge in [0.2, 0.25) is 5.91 Å². The van der Waals surface area contributed by atoms with Gasteiger partial charge in [-0.2, -0.15) is 5.10 Å². The second-order valence-electron chi connectivity index (χ2n) is 6.92. The smallest absolute Gasteiger partial charge is 0.230 e. The van der Waals surface area contributed by atoms with E-state index in [1.807, 2.05) is 0 Å². The molecule has 2 N–H and O–H groups in total. The number of amides is 1. The Morgan fingerprint density at radius 2 is 2.16 bits per heavy atom. The van der Waals surface area contributed by atoms with Crippen LogP contribution in [0.4, 0.5) is 8.78 Å². The molecule has 1 aliphatic rings. The van der Waals surface area contributed by atoms with Gasteiger partial charge in [0, 0.05) is 30.4 Å². The monoisotopic (exact) mass is 349 g/mol. The number of aromatic nitrogens is 2. The molecule has 1 unspecified atom stereocenters. The molecule has 1 aromatic carbocycles. The van der Waals surface area contributed by atoms with Crippen molar-refractivity contribution >= 4 is 5.91 Å². The molecule has 7 heteroatoms. The molecule has 1 atom stereocenters. The number of nitrogens with zero attached hydrogens (tertiary/aromatic N) is 2. The van der Waals surface area contributed by atoms with E-state index in [0.29, 0.717) is 18.4 Å². The highest BCUT2D eigenvalue weighted by Gasteiger charge is 2.47. The summed E-state index contributed by atoms with van der Waals surface area (Å²) in [5.41, 5.74) is -1.51. The van der Waals surface area contributed by atoms with Crippen LogP contribution in [0.1, 0.15) is 37.3 Å². The maximum atomic E-state index is 14.2. The lowest BCUT2D eigenvalue weighted by Crippen LogP contribution is -2.52. The zero-order chi connectivity index (χ0) is 18.2. The first-order valence-electron chi connectivity index (χ1n) is 8.20. The first-order chi connectivity index (χ1) is 11.7. The molecule has 0 aliphatic heterocycles. The number of carbonyl (C=O) groups excluding carboxylic acids is 1. The molecule has 1 heterocycles. The van der Waals surface area contributed by atoms with E-state index in [4.69, 9.17) is 0 Å².